The lowest BCUT2D eigenvalue weighted by Crippen LogP contribution is -2.43. The van der Waals surface area contributed by atoms with Gasteiger partial charge in [0.15, 0.2) is 17.3 Å². The molecule has 0 spiro atoms. The van der Waals surface area contributed by atoms with Gasteiger partial charge in [0.05, 0.1) is 14.2 Å². The van der Waals surface area contributed by atoms with Crippen LogP contribution in [0.25, 0.3) is 11.5 Å². The van der Waals surface area contributed by atoms with Gasteiger partial charge in [-0.25, -0.2) is 0 Å². The SMILES string of the molecule is COc1cc2c(cc1OC)/C(=C/C(=O)/C=C(\O)c1ccccc1)NC(C)(C)C2. The average molecular weight is 379 g/mol. The van der Waals surface area contributed by atoms with E-state index in [1.54, 1.807) is 26.4 Å². The molecular formula is C23H25NO4. The highest BCUT2D eigenvalue weighted by Crippen LogP contribution is 2.38. The quantitative estimate of drug-likeness (QED) is 0.604. The highest BCUT2D eigenvalue weighted by atomic mass is 16.5. The number of carbonyl (C=O) groups is 1. The summed E-state index contributed by atoms with van der Waals surface area (Å²) in [4.78, 5) is 12.6. The Balaban J connectivity index is 2.00. The van der Waals surface area contributed by atoms with Gasteiger partial charge in [-0.15, -0.1) is 0 Å². The van der Waals surface area contributed by atoms with E-state index in [0.29, 0.717) is 22.8 Å². The first-order valence-electron chi connectivity index (χ1n) is 9.08. The molecule has 1 aliphatic rings. The molecule has 0 aromatic heterocycles. The third-order valence-corrected chi connectivity index (χ3v) is 4.64. The number of nitrogens with one attached hydrogen (secondary N) is 1. The van der Waals surface area contributed by atoms with Crippen molar-refractivity contribution in [2.24, 2.45) is 0 Å². The molecule has 2 aromatic rings. The van der Waals surface area contributed by atoms with Crippen molar-refractivity contribution in [1.82, 2.24) is 5.32 Å². The second-order valence-corrected chi connectivity index (χ2v) is 7.41. The number of carbonyl (C=O) groups excluding carboxylic acids is 1. The zero-order valence-electron chi connectivity index (χ0n) is 16.6. The predicted octanol–water partition coefficient (Wildman–Crippen LogP) is 4.14. The molecule has 0 saturated heterocycles. The van der Waals surface area contributed by atoms with Crippen molar-refractivity contribution in [3.63, 3.8) is 0 Å². The molecule has 0 saturated carbocycles. The van der Waals surface area contributed by atoms with Crippen LogP contribution in [0, 0.1) is 0 Å². The smallest absolute Gasteiger partial charge is 0.184 e. The molecule has 0 radical (unpaired) electrons. The first-order valence-corrected chi connectivity index (χ1v) is 9.08. The van der Waals surface area contributed by atoms with Gasteiger partial charge in [-0.1, -0.05) is 30.3 Å². The number of benzene rings is 2. The summed E-state index contributed by atoms with van der Waals surface area (Å²) < 4.78 is 10.8. The zero-order valence-corrected chi connectivity index (χ0v) is 16.6. The number of aliphatic hydroxyl groups is 1. The lowest BCUT2D eigenvalue weighted by atomic mass is 9.85. The summed E-state index contributed by atoms with van der Waals surface area (Å²) in [5.41, 5.74) is 3.01. The van der Waals surface area contributed by atoms with Crippen molar-refractivity contribution in [3.05, 3.63) is 71.3 Å². The standard InChI is InChI=1S/C23H25NO4/c1-23(2)14-16-10-21(27-3)22(28-4)13-18(16)19(24-23)11-17(25)12-20(26)15-8-6-5-7-9-15/h5-13,24,26H,14H2,1-4H3/b19-11-,20-12-. The molecule has 0 unspecified atom stereocenters. The molecule has 0 aliphatic carbocycles. The Labute approximate surface area is 165 Å². The molecule has 2 N–H and O–H groups in total. The number of hydrogen-bond donors (Lipinski definition) is 2. The Hall–Kier alpha value is -3.21. The van der Waals surface area contributed by atoms with Gasteiger partial charge in [-0.05, 0) is 38.0 Å². The summed E-state index contributed by atoms with van der Waals surface area (Å²) in [6.45, 7) is 4.14. The van der Waals surface area contributed by atoms with Gasteiger partial charge in [0.1, 0.15) is 5.76 Å². The van der Waals surface area contributed by atoms with Crippen LogP contribution in [0.3, 0.4) is 0 Å². The number of rotatable bonds is 5. The Morgan fingerprint density at radius 3 is 2.39 bits per heavy atom. The van der Waals surface area contributed by atoms with E-state index in [1.165, 1.54) is 12.2 Å². The molecular weight excluding hydrogens is 354 g/mol. The lowest BCUT2D eigenvalue weighted by Gasteiger charge is -2.36. The van der Waals surface area contributed by atoms with Gasteiger partial charge in [-0.2, -0.15) is 0 Å². The lowest BCUT2D eigenvalue weighted by molar-refractivity contribution is -0.110. The first-order chi connectivity index (χ1) is 13.3. The molecule has 1 heterocycles. The average Bonchev–Trinajstić information content (AvgIpc) is 2.66. The van der Waals surface area contributed by atoms with Crippen molar-refractivity contribution in [2.45, 2.75) is 25.8 Å². The number of methoxy groups -OCH3 is 2. The van der Waals surface area contributed by atoms with Gasteiger partial charge >= 0.3 is 0 Å². The van der Waals surface area contributed by atoms with Crippen molar-refractivity contribution < 1.29 is 19.4 Å². The monoisotopic (exact) mass is 379 g/mol. The number of ketones is 1. The van der Waals surface area contributed by atoms with Gasteiger partial charge in [0.25, 0.3) is 0 Å². The fraction of sp³-hybridized carbons (Fsp3) is 0.261. The number of aliphatic hydroxyl groups excluding tert-OH is 1. The van der Waals surface area contributed by atoms with Crippen LogP contribution >= 0.6 is 0 Å². The molecule has 0 amide bonds. The summed E-state index contributed by atoms with van der Waals surface area (Å²) in [5, 5.41) is 13.6. The van der Waals surface area contributed by atoms with E-state index in [4.69, 9.17) is 9.47 Å². The van der Waals surface area contributed by atoms with Crippen LogP contribution in [0.4, 0.5) is 0 Å². The predicted molar refractivity (Wildman–Crippen MR) is 110 cm³/mol. The van der Waals surface area contributed by atoms with Crippen LogP contribution in [0.15, 0.2) is 54.6 Å². The summed E-state index contributed by atoms with van der Waals surface area (Å²) >= 11 is 0. The molecule has 0 atom stereocenters. The van der Waals surface area contributed by atoms with E-state index in [0.717, 1.165) is 17.5 Å². The minimum absolute atomic E-state index is 0.0648. The highest BCUT2D eigenvalue weighted by molar-refractivity contribution is 6.07. The fourth-order valence-electron chi connectivity index (χ4n) is 3.40. The molecule has 5 heteroatoms. The number of ether oxygens (including phenoxy) is 2. The van der Waals surface area contributed by atoms with Gasteiger partial charge < -0.3 is 19.9 Å². The second kappa shape index (κ2) is 7.80. The minimum Gasteiger partial charge on any atom is -0.507 e. The molecule has 5 nitrogen and oxygen atoms in total. The third kappa shape index (κ3) is 4.19. The molecule has 3 rings (SSSR count). The van der Waals surface area contributed by atoms with Crippen molar-refractivity contribution >= 4 is 17.2 Å². The Kier molecular flexibility index (Phi) is 5.45. The summed E-state index contributed by atoms with van der Waals surface area (Å²) in [5.74, 6) is 0.891. The van der Waals surface area contributed by atoms with Crippen molar-refractivity contribution in [3.8, 4) is 11.5 Å². The maximum atomic E-state index is 12.6. The number of allylic oxidation sites excluding steroid dienone is 2. The van der Waals surface area contributed by atoms with Gasteiger partial charge in [-0.3, -0.25) is 4.79 Å². The van der Waals surface area contributed by atoms with Gasteiger partial charge in [0.2, 0.25) is 0 Å². The number of fused-ring (bicyclic) bond motifs is 1. The summed E-state index contributed by atoms with van der Waals surface area (Å²) in [6, 6.07) is 12.8. The second-order valence-electron chi connectivity index (χ2n) is 7.41. The van der Waals surface area contributed by atoms with E-state index in [1.807, 2.05) is 30.3 Å². The highest BCUT2D eigenvalue weighted by Gasteiger charge is 2.29. The van der Waals surface area contributed by atoms with Crippen LogP contribution in [0.2, 0.25) is 0 Å². The molecule has 146 valence electrons. The zero-order chi connectivity index (χ0) is 20.3. The largest absolute Gasteiger partial charge is 0.507 e. The normalized spacial score (nSPS) is 16.9. The summed E-state index contributed by atoms with van der Waals surface area (Å²) in [6.07, 6.45) is 3.51. The minimum atomic E-state index is -0.303. The molecule has 0 bridgehead atoms. The van der Waals surface area contributed by atoms with Crippen LogP contribution < -0.4 is 14.8 Å². The maximum absolute atomic E-state index is 12.6. The Morgan fingerprint density at radius 2 is 1.75 bits per heavy atom. The molecule has 1 aliphatic heterocycles. The van der Waals surface area contributed by atoms with Crippen molar-refractivity contribution in [1.29, 1.82) is 0 Å². The van der Waals surface area contributed by atoms with Gasteiger partial charge in [0, 0.05) is 34.5 Å². The van der Waals surface area contributed by atoms with E-state index in [2.05, 4.69) is 19.2 Å². The topological polar surface area (TPSA) is 67.8 Å². The first kappa shape index (κ1) is 19.5. The van der Waals surface area contributed by atoms with E-state index >= 15 is 0 Å². The van der Waals surface area contributed by atoms with Crippen LogP contribution in [-0.4, -0.2) is 30.6 Å². The Bertz CT molecular complexity index is 943. The third-order valence-electron chi connectivity index (χ3n) is 4.64. The molecule has 0 fully saturated rings. The van der Waals surface area contributed by atoms with Crippen molar-refractivity contribution in [2.75, 3.05) is 14.2 Å². The van der Waals surface area contributed by atoms with E-state index in [-0.39, 0.29) is 17.1 Å². The molecule has 2 aromatic carbocycles. The molecule has 28 heavy (non-hydrogen) atoms. The van der Waals surface area contributed by atoms with E-state index in [9.17, 15) is 9.90 Å². The van der Waals surface area contributed by atoms with Crippen LogP contribution in [-0.2, 0) is 11.2 Å². The maximum Gasteiger partial charge on any atom is 0.184 e. The number of hydrogen-bond acceptors (Lipinski definition) is 5. The fourth-order valence-corrected chi connectivity index (χ4v) is 3.40. The van der Waals surface area contributed by atoms with Crippen LogP contribution in [0.5, 0.6) is 11.5 Å². The summed E-state index contributed by atoms with van der Waals surface area (Å²) in [7, 11) is 3.19. The Morgan fingerprint density at radius 1 is 1.11 bits per heavy atom. The van der Waals surface area contributed by atoms with Crippen LogP contribution in [0.1, 0.15) is 30.5 Å². The van der Waals surface area contributed by atoms with E-state index < -0.39 is 0 Å².